The van der Waals surface area contributed by atoms with E-state index in [9.17, 15) is 4.79 Å². The van der Waals surface area contributed by atoms with Gasteiger partial charge in [0.1, 0.15) is 11.2 Å². The molecule has 0 aliphatic rings. The SMILES string of the molecule is Cc1nc(N)sc1C(=O)Nc1cncnc1. The number of carbonyl (C=O) groups excluding carboxylic acids is 1. The van der Waals surface area contributed by atoms with Crippen LogP contribution in [-0.2, 0) is 0 Å². The second-order valence-corrected chi connectivity index (χ2v) is 4.08. The molecule has 0 aliphatic heterocycles. The summed E-state index contributed by atoms with van der Waals surface area (Å²) in [6, 6.07) is 0. The minimum atomic E-state index is -0.249. The van der Waals surface area contributed by atoms with Gasteiger partial charge in [-0.1, -0.05) is 11.3 Å². The number of amides is 1. The first-order valence-electron chi connectivity index (χ1n) is 4.46. The van der Waals surface area contributed by atoms with Crippen LogP contribution in [0.2, 0.25) is 0 Å². The Balaban J connectivity index is 2.18. The highest BCUT2D eigenvalue weighted by Crippen LogP contribution is 2.20. The highest BCUT2D eigenvalue weighted by molar-refractivity contribution is 7.17. The second-order valence-electron chi connectivity index (χ2n) is 3.05. The normalized spacial score (nSPS) is 10.1. The lowest BCUT2D eigenvalue weighted by Crippen LogP contribution is -2.11. The third-order valence-corrected chi connectivity index (χ3v) is 2.82. The van der Waals surface area contributed by atoms with Crippen molar-refractivity contribution in [1.82, 2.24) is 15.0 Å². The summed E-state index contributed by atoms with van der Waals surface area (Å²) in [7, 11) is 0. The van der Waals surface area contributed by atoms with Crippen LogP contribution in [0.5, 0.6) is 0 Å². The van der Waals surface area contributed by atoms with Crippen molar-refractivity contribution in [1.29, 1.82) is 0 Å². The quantitative estimate of drug-likeness (QED) is 0.812. The lowest BCUT2D eigenvalue weighted by Gasteiger charge is -2.01. The molecule has 0 atom stereocenters. The van der Waals surface area contributed by atoms with E-state index in [1.165, 1.54) is 18.7 Å². The molecule has 16 heavy (non-hydrogen) atoms. The average Bonchev–Trinajstić information content (AvgIpc) is 2.59. The fourth-order valence-corrected chi connectivity index (χ4v) is 1.91. The van der Waals surface area contributed by atoms with Crippen molar-refractivity contribution >= 4 is 28.1 Å². The summed E-state index contributed by atoms with van der Waals surface area (Å²) in [6.07, 6.45) is 4.43. The number of nitrogens with one attached hydrogen (secondary N) is 1. The zero-order chi connectivity index (χ0) is 11.5. The molecule has 2 heterocycles. The van der Waals surface area contributed by atoms with Crippen LogP contribution in [0.1, 0.15) is 15.4 Å². The minimum absolute atomic E-state index is 0.249. The average molecular weight is 235 g/mol. The van der Waals surface area contributed by atoms with Crippen molar-refractivity contribution in [2.45, 2.75) is 6.92 Å². The summed E-state index contributed by atoms with van der Waals surface area (Å²) in [5.41, 5.74) is 6.68. The Morgan fingerprint density at radius 3 is 2.69 bits per heavy atom. The minimum Gasteiger partial charge on any atom is -0.375 e. The Labute approximate surface area is 95.6 Å². The number of hydrogen-bond acceptors (Lipinski definition) is 6. The molecule has 0 saturated heterocycles. The zero-order valence-electron chi connectivity index (χ0n) is 8.47. The zero-order valence-corrected chi connectivity index (χ0v) is 9.28. The molecule has 2 rings (SSSR count). The number of nitrogen functional groups attached to an aromatic ring is 1. The molecule has 0 radical (unpaired) electrons. The predicted molar refractivity (Wildman–Crippen MR) is 61.2 cm³/mol. The van der Waals surface area contributed by atoms with Crippen LogP contribution in [-0.4, -0.2) is 20.9 Å². The van der Waals surface area contributed by atoms with E-state index in [2.05, 4.69) is 20.3 Å². The van der Waals surface area contributed by atoms with Crippen LogP contribution < -0.4 is 11.1 Å². The summed E-state index contributed by atoms with van der Waals surface area (Å²) in [4.78, 5) is 23.9. The molecule has 0 aromatic carbocycles. The molecule has 2 aromatic rings. The third kappa shape index (κ3) is 2.14. The van der Waals surface area contributed by atoms with Crippen molar-refractivity contribution in [3.8, 4) is 0 Å². The Morgan fingerprint density at radius 2 is 2.12 bits per heavy atom. The summed E-state index contributed by atoms with van der Waals surface area (Å²) in [6.45, 7) is 1.74. The molecule has 3 N–H and O–H groups in total. The van der Waals surface area contributed by atoms with E-state index in [4.69, 9.17) is 5.73 Å². The van der Waals surface area contributed by atoms with E-state index < -0.39 is 0 Å². The van der Waals surface area contributed by atoms with Gasteiger partial charge in [-0.2, -0.15) is 0 Å². The number of thiazole rings is 1. The van der Waals surface area contributed by atoms with Crippen LogP contribution in [0.3, 0.4) is 0 Å². The number of aryl methyl sites for hydroxylation is 1. The first kappa shape index (κ1) is 10.5. The van der Waals surface area contributed by atoms with Gasteiger partial charge in [0, 0.05) is 0 Å². The molecule has 1 amide bonds. The first-order chi connectivity index (χ1) is 7.66. The van der Waals surface area contributed by atoms with Crippen molar-refractivity contribution in [3.05, 3.63) is 29.3 Å². The van der Waals surface area contributed by atoms with Gasteiger partial charge in [-0.15, -0.1) is 0 Å². The number of carbonyl (C=O) groups is 1. The number of hydrogen-bond donors (Lipinski definition) is 2. The molecular weight excluding hydrogens is 226 g/mol. The van der Waals surface area contributed by atoms with Crippen LogP contribution in [0, 0.1) is 6.92 Å². The van der Waals surface area contributed by atoms with E-state index in [1.54, 1.807) is 6.92 Å². The first-order valence-corrected chi connectivity index (χ1v) is 5.27. The lowest BCUT2D eigenvalue weighted by atomic mass is 10.3. The van der Waals surface area contributed by atoms with E-state index in [-0.39, 0.29) is 5.91 Å². The third-order valence-electron chi connectivity index (χ3n) is 1.84. The van der Waals surface area contributed by atoms with Crippen LogP contribution in [0.15, 0.2) is 18.7 Å². The highest BCUT2D eigenvalue weighted by atomic mass is 32.1. The Kier molecular flexibility index (Phi) is 2.78. The summed E-state index contributed by atoms with van der Waals surface area (Å²) in [5.74, 6) is -0.249. The van der Waals surface area contributed by atoms with Gasteiger partial charge >= 0.3 is 0 Å². The second kappa shape index (κ2) is 4.23. The Hall–Kier alpha value is -2.02. The van der Waals surface area contributed by atoms with Gasteiger partial charge in [0.15, 0.2) is 5.13 Å². The van der Waals surface area contributed by atoms with Gasteiger partial charge in [0.2, 0.25) is 0 Å². The van der Waals surface area contributed by atoms with E-state index >= 15 is 0 Å². The predicted octanol–water partition coefficient (Wildman–Crippen LogP) is 1.08. The number of aromatic nitrogens is 3. The monoisotopic (exact) mass is 235 g/mol. The number of anilines is 2. The van der Waals surface area contributed by atoms with Gasteiger partial charge in [-0.3, -0.25) is 4.79 Å². The van der Waals surface area contributed by atoms with Crippen molar-refractivity contribution in [3.63, 3.8) is 0 Å². The summed E-state index contributed by atoms with van der Waals surface area (Å²) < 4.78 is 0. The maximum atomic E-state index is 11.8. The lowest BCUT2D eigenvalue weighted by molar-refractivity contribution is 0.102. The van der Waals surface area contributed by atoms with Crippen molar-refractivity contribution < 1.29 is 4.79 Å². The molecular formula is C9H9N5OS. The maximum absolute atomic E-state index is 11.8. The fraction of sp³-hybridized carbons (Fsp3) is 0.111. The van der Waals surface area contributed by atoms with E-state index in [0.29, 0.717) is 21.4 Å². The highest BCUT2D eigenvalue weighted by Gasteiger charge is 2.14. The van der Waals surface area contributed by atoms with Crippen LogP contribution in [0.25, 0.3) is 0 Å². The molecule has 0 aliphatic carbocycles. The number of nitrogens with two attached hydrogens (primary N) is 1. The Morgan fingerprint density at radius 1 is 1.44 bits per heavy atom. The van der Waals surface area contributed by atoms with Gasteiger partial charge in [-0.05, 0) is 6.92 Å². The summed E-state index contributed by atoms with van der Waals surface area (Å²) >= 11 is 1.16. The fourth-order valence-electron chi connectivity index (χ4n) is 1.18. The number of rotatable bonds is 2. The summed E-state index contributed by atoms with van der Waals surface area (Å²) in [5, 5.41) is 3.04. The van der Waals surface area contributed by atoms with Gasteiger partial charge < -0.3 is 11.1 Å². The molecule has 0 unspecified atom stereocenters. The van der Waals surface area contributed by atoms with E-state index in [1.807, 2.05) is 0 Å². The maximum Gasteiger partial charge on any atom is 0.267 e. The van der Waals surface area contributed by atoms with Crippen molar-refractivity contribution in [2.24, 2.45) is 0 Å². The number of nitrogens with zero attached hydrogens (tertiary/aromatic N) is 3. The van der Waals surface area contributed by atoms with Gasteiger partial charge in [0.25, 0.3) is 5.91 Å². The molecule has 0 fully saturated rings. The molecule has 6 nitrogen and oxygen atoms in total. The van der Waals surface area contributed by atoms with Gasteiger partial charge in [0.05, 0.1) is 23.8 Å². The molecule has 82 valence electrons. The van der Waals surface area contributed by atoms with E-state index in [0.717, 1.165) is 11.3 Å². The molecule has 0 spiro atoms. The Bertz CT molecular complexity index is 510. The van der Waals surface area contributed by atoms with Gasteiger partial charge in [-0.25, -0.2) is 15.0 Å². The topological polar surface area (TPSA) is 93.8 Å². The van der Waals surface area contributed by atoms with Crippen molar-refractivity contribution in [2.75, 3.05) is 11.1 Å². The molecule has 0 bridgehead atoms. The van der Waals surface area contributed by atoms with Crippen LogP contribution >= 0.6 is 11.3 Å². The smallest absolute Gasteiger partial charge is 0.267 e. The molecule has 0 saturated carbocycles. The largest absolute Gasteiger partial charge is 0.375 e. The standard InChI is InChI=1S/C9H9N5OS/c1-5-7(16-9(10)13-5)8(15)14-6-2-11-4-12-3-6/h2-4H,1H3,(H2,10,13)(H,14,15). The van der Waals surface area contributed by atoms with Crippen LogP contribution in [0.4, 0.5) is 10.8 Å². The molecule has 7 heteroatoms. The molecule has 2 aromatic heterocycles.